The lowest BCUT2D eigenvalue weighted by Gasteiger charge is -2.28. The molecule has 1 aromatic carbocycles. The number of aromatic nitrogens is 2. The smallest absolute Gasteiger partial charge is 0.433 e. The molecular weight excluding hydrogens is 545 g/mol. The number of ether oxygens (including phenoxy) is 3. The number of fused-ring (bicyclic) bond motifs is 2. The minimum Gasteiger partial charge on any atom is -0.494 e. The Morgan fingerprint density at radius 1 is 1.22 bits per heavy atom. The van der Waals surface area contributed by atoms with E-state index in [0.717, 1.165) is 6.07 Å². The first kappa shape index (κ1) is 28.8. The van der Waals surface area contributed by atoms with Crippen LogP contribution in [0.5, 0.6) is 5.75 Å². The highest BCUT2D eigenvalue weighted by Gasteiger charge is 2.56. The predicted molar refractivity (Wildman–Crippen MR) is 140 cm³/mol. The fourth-order valence-corrected chi connectivity index (χ4v) is 5.76. The third kappa shape index (κ3) is 5.12. The molecule has 3 aromatic rings. The highest BCUT2D eigenvalue weighted by atomic mass is 19.4. The average Bonchev–Trinajstić information content (AvgIpc) is 3.57. The molecule has 0 unspecified atom stereocenters. The molecule has 5 rings (SSSR count). The van der Waals surface area contributed by atoms with E-state index in [1.807, 2.05) is 13.8 Å². The molecule has 2 aliphatic rings. The minimum absolute atomic E-state index is 0.0423. The molecule has 2 saturated heterocycles. The summed E-state index contributed by atoms with van der Waals surface area (Å²) in [5, 5.41) is 0.268. The molecule has 2 N–H and O–H groups in total. The Morgan fingerprint density at radius 2 is 1.95 bits per heavy atom. The van der Waals surface area contributed by atoms with Gasteiger partial charge in [0.15, 0.2) is 11.5 Å². The number of likely N-dealkylation sites (tertiary alicyclic amines) is 1. The first-order valence-corrected chi connectivity index (χ1v) is 13.2. The van der Waals surface area contributed by atoms with E-state index in [9.17, 15) is 22.8 Å². The van der Waals surface area contributed by atoms with Gasteiger partial charge in [-0.1, -0.05) is 0 Å². The van der Waals surface area contributed by atoms with Crippen molar-refractivity contribution in [3.05, 3.63) is 41.4 Å². The van der Waals surface area contributed by atoms with Gasteiger partial charge in [0.1, 0.15) is 23.0 Å². The Bertz CT molecular complexity index is 1500. The number of esters is 1. The van der Waals surface area contributed by atoms with Gasteiger partial charge in [0, 0.05) is 23.4 Å². The molecule has 0 radical (unpaired) electrons. The molecule has 13 heteroatoms. The molecule has 0 aliphatic carbocycles. The van der Waals surface area contributed by atoms with E-state index in [-0.39, 0.29) is 64.7 Å². The Kier molecular flexibility index (Phi) is 7.23. The van der Waals surface area contributed by atoms with Crippen LogP contribution < -0.4 is 10.5 Å². The summed E-state index contributed by atoms with van der Waals surface area (Å²) < 4.78 is 62.8. The zero-order valence-corrected chi connectivity index (χ0v) is 23.2. The molecule has 2 aliphatic heterocycles. The summed E-state index contributed by atoms with van der Waals surface area (Å²) in [6.45, 7) is 7.46. The Hall–Kier alpha value is -3.71. The van der Waals surface area contributed by atoms with Gasteiger partial charge in [0.2, 0.25) is 5.89 Å². The van der Waals surface area contributed by atoms with Crippen LogP contribution in [0.25, 0.3) is 22.4 Å². The highest BCUT2D eigenvalue weighted by Crippen LogP contribution is 2.44. The Morgan fingerprint density at radius 3 is 2.59 bits per heavy atom. The van der Waals surface area contributed by atoms with Gasteiger partial charge < -0.3 is 29.3 Å². The predicted octanol–water partition coefficient (Wildman–Crippen LogP) is 4.51. The number of methoxy groups -OCH3 is 1. The van der Waals surface area contributed by atoms with Crippen molar-refractivity contribution in [2.24, 2.45) is 11.7 Å². The largest absolute Gasteiger partial charge is 0.494 e. The lowest BCUT2D eigenvalue weighted by atomic mass is 9.90. The fourth-order valence-electron chi connectivity index (χ4n) is 5.76. The lowest BCUT2D eigenvalue weighted by molar-refractivity contribution is -0.149. The van der Waals surface area contributed by atoms with Crippen LogP contribution in [0.2, 0.25) is 0 Å². The van der Waals surface area contributed by atoms with Crippen molar-refractivity contribution in [2.45, 2.75) is 64.1 Å². The van der Waals surface area contributed by atoms with Crippen LogP contribution in [-0.4, -0.2) is 64.8 Å². The van der Waals surface area contributed by atoms with Crippen molar-refractivity contribution in [3.8, 4) is 17.2 Å². The number of hydrogen-bond acceptors (Lipinski definition) is 9. The van der Waals surface area contributed by atoms with Gasteiger partial charge in [-0.25, -0.2) is 14.8 Å². The zero-order valence-electron chi connectivity index (χ0n) is 23.2. The van der Waals surface area contributed by atoms with E-state index in [1.54, 1.807) is 19.9 Å². The van der Waals surface area contributed by atoms with Crippen LogP contribution in [-0.2, 0) is 20.4 Å². The molecule has 10 nitrogen and oxygen atoms in total. The molecule has 0 bridgehead atoms. The van der Waals surface area contributed by atoms with E-state index < -0.39 is 41.4 Å². The molecule has 4 heterocycles. The number of nitrogens with zero attached hydrogens (tertiary/aromatic N) is 3. The zero-order chi connectivity index (χ0) is 29.9. The summed E-state index contributed by atoms with van der Waals surface area (Å²) in [5.41, 5.74) is 4.74. The first-order valence-electron chi connectivity index (χ1n) is 13.2. The number of pyridine rings is 1. The van der Waals surface area contributed by atoms with Crippen molar-refractivity contribution >= 4 is 22.8 Å². The molecule has 41 heavy (non-hydrogen) atoms. The second-order valence-electron chi connectivity index (χ2n) is 10.9. The second-order valence-corrected chi connectivity index (χ2v) is 10.9. The van der Waals surface area contributed by atoms with Gasteiger partial charge in [-0.2, -0.15) is 13.2 Å². The van der Waals surface area contributed by atoms with E-state index in [2.05, 4.69) is 9.97 Å². The van der Waals surface area contributed by atoms with Crippen molar-refractivity contribution in [1.29, 1.82) is 0 Å². The lowest BCUT2D eigenvalue weighted by Crippen LogP contribution is -2.45. The minimum atomic E-state index is -4.66. The van der Waals surface area contributed by atoms with Crippen LogP contribution in [0.15, 0.2) is 28.7 Å². The summed E-state index contributed by atoms with van der Waals surface area (Å²) >= 11 is 0. The number of oxazole rings is 1. The van der Waals surface area contributed by atoms with Crippen LogP contribution in [0.1, 0.15) is 62.1 Å². The standard InChI is InChI=1S/C28H31F3N4O6/c1-6-39-26(37)22-16-11-27(3,4)41-18(16)12-35(22)25(36)21-23(13(2)32)40-24(34-21)15-7-9-17(38-5)20-14(15)8-10-19(33-20)28(29,30)31/h7-10,13,16,18,22H,6,11-12,32H2,1-5H3/t13-,16-,18-,22-/m0/s1. The molecule has 0 spiro atoms. The van der Waals surface area contributed by atoms with Gasteiger partial charge in [0.25, 0.3) is 5.91 Å². The van der Waals surface area contributed by atoms with Crippen LogP contribution >= 0.6 is 0 Å². The topological polar surface area (TPSA) is 130 Å². The fraction of sp³-hybridized carbons (Fsp3) is 0.500. The maximum absolute atomic E-state index is 14.0. The maximum atomic E-state index is 14.0. The van der Waals surface area contributed by atoms with E-state index >= 15 is 0 Å². The number of nitrogens with two attached hydrogens (primary N) is 1. The molecule has 4 atom stereocenters. The van der Waals surface area contributed by atoms with Crippen molar-refractivity contribution in [3.63, 3.8) is 0 Å². The number of carbonyl (C=O) groups excluding carboxylic acids is 2. The van der Waals surface area contributed by atoms with Crippen molar-refractivity contribution < 1.29 is 41.4 Å². The van der Waals surface area contributed by atoms with Gasteiger partial charge in [-0.15, -0.1) is 0 Å². The maximum Gasteiger partial charge on any atom is 0.433 e. The monoisotopic (exact) mass is 576 g/mol. The third-order valence-corrected chi connectivity index (χ3v) is 7.41. The van der Waals surface area contributed by atoms with E-state index in [4.69, 9.17) is 24.4 Å². The summed E-state index contributed by atoms with van der Waals surface area (Å²) in [5.74, 6) is -1.24. The Balaban J connectivity index is 1.58. The summed E-state index contributed by atoms with van der Waals surface area (Å²) in [7, 11) is 1.32. The molecule has 2 aromatic heterocycles. The first-order chi connectivity index (χ1) is 19.3. The number of benzene rings is 1. The van der Waals surface area contributed by atoms with Crippen molar-refractivity contribution in [2.75, 3.05) is 20.3 Å². The average molecular weight is 577 g/mol. The quantitative estimate of drug-likeness (QED) is 0.421. The molecule has 2 fully saturated rings. The van der Waals surface area contributed by atoms with Crippen LogP contribution in [0, 0.1) is 5.92 Å². The number of hydrogen-bond donors (Lipinski definition) is 1. The van der Waals surface area contributed by atoms with E-state index in [1.165, 1.54) is 24.1 Å². The normalized spacial score (nSPS) is 22.6. The number of halogens is 3. The van der Waals surface area contributed by atoms with Crippen LogP contribution in [0.3, 0.4) is 0 Å². The van der Waals surface area contributed by atoms with Crippen LogP contribution in [0.4, 0.5) is 13.2 Å². The molecular formula is C28H31F3N4O6. The van der Waals surface area contributed by atoms with Gasteiger partial charge in [0.05, 0.1) is 31.5 Å². The second kappa shape index (κ2) is 10.3. The van der Waals surface area contributed by atoms with Gasteiger partial charge >= 0.3 is 12.1 Å². The molecule has 1 amide bonds. The molecule has 0 saturated carbocycles. The number of alkyl halides is 3. The van der Waals surface area contributed by atoms with Gasteiger partial charge in [-0.05, 0) is 58.4 Å². The summed E-state index contributed by atoms with van der Waals surface area (Å²) in [6.07, 6.45) is -4.48. The summed E-state index contributed by atoms with van der Waals surface area (Å²) in [6, 6.07) is 3.44. The van der Waals surface area contributed by atoms with Gasteiger partial charge in [-0.3, -0.25) is 4.79 Å². The molecule has 220 valence electrons. The third-order valence-electron chi connectivity index (χ3n) is 7.41. The SMILES string of the molecule is CCOC(=O)[C@@H]1[C@H]2CC(C)(C)O[C@H]2CN1C(=O)c1nc(-c2ccc(OC)c3nc(C(F)(F)F)ccc23)oc1[C@H](C)N. The number of amides is 1. The highest BCUT2D eigenvalue weighted by molar-refractivity contribution is 5.99. The number of carbonyl (C=O) groups is 2. The Labute approximate surface area is 233 Å². The van der Waals surface area contributed by atoms with E-state index in [0.29, 0.717) is 6.42 Å². The summed E-state index contributed by atoms with van der Waals surface area (Å²) in [4.78, 5) is 36.7. The van der Waals surface area contributed by atoms with Crippen molar-refractivity contribution in [1.82, 2.24) is 14.9 Å². The number of rotatable bonds is 6.